The molecular formula is C12H15F3N2O2. The van der Waals surface area contributed by atoms with E-state index in [2.05, 4.69) is 5.32 Å². The van der Waals surface area contributed by atoms with Gasteiger partial charge in [0, 0.05) is 12.5 Å². The lowest BCUT2D eigenvalue weighted by atomic mass is 10.1. The van der Waals surface area contributed by atoms with Crippen molar-refractivity contribution in [2.45, 2.75) is 31.5 Å². The lowest BCUT2D eigenvalue weighted by molar-refractivity contribution is -0.140. The monoisotopic (exact) mass is 276 g/mol. The number of aliphatic hydroxyl groups is 1. The number of hydrogen-bond acceptors (Lipinski definition) is 2. The van der Waals surface area contributed by atoms with Gasteiger partial charge in [0.05, 0.1) is 6.10 Å². The first-order valence-electron chi connectivity index (χ1n) is 6.10. The summed E-state index contributed by atoms with van der Waals surface area (Å²) in [6.07, 6.45) is -2.49. The van der Waals surface area contributed by atoms with Crippen molar-refractivity contribution >= 4 is 5.91 Å². The van der Waals surface area contributed by atoms with Crippen LogP contribution in [0.25, 0.3) is 0 Å². The van der Waals surface area contributed by atoms with Gasteiger partial charge in [-0.05, 0) is 25.0 Å². The van der Waals surface area contributed by atoms with Crippen molar-refractivity contribution in [1.82, 2.24) is 10.3 Å². The highest BCUT2D eigenvalue weighted by Crippen LogP contribution is 2.28. The number of carbonyl (C=O) groups is 1. The number of aromatic amines is 1. The molecule has 1 heterocycles. The molecule has 0 radical (unpaired) electrons. The Balaban J connectivity index is 1.91. The van der Waals surface area contributed by atoms with Crippen LogP contribution in [-0.4, -0.2) is 28.6 Å². The quantitative estimate of drug-likeness (QED) is 0.789. The summed E-state index contributed by atoms with van der Waals surface area (Å²) in [7, 11) is 0. The summed E-state index contributed by atoms with van der Waals surface area (Å²) in [5.74, 6) is -0.601. The number of carbonyl (C=O) groups excluding carboxylic acids is 1. The summed E-state index contributed by atoms with van der Waals surface area (Å²) in [6.45, 7) is 0.278. The molecule has 1 amide bonds. The summed E-state index contributed by atoms with van der Waals surface area (Å²) >= 11 is 0. The predicted molar refractivity (Wildman–Crippen MR) is 61.5 cm³/mol. The van der Waals surface area contributed by atoms with Crippen LogP contribution in [0.15, 0.2) is 12.1 Å². The number of halogens is 3. The molecule has 0 aromatic carbocycles. The van der Waals surface area contributed by atoms with Gasteiger partial charge in [-0.3, -0.25) is 4.79 Å². The highest BCUT2D eigenvalue weighted by molar-refractivity contribution is 5.92. The van der Waals surface area contributed by atoms with Crippen molar-refractivity contribution in [3.63, 3.8) is 0 Å². The molecule has 1 aromatic heterocycles. The molecular weight excluding hydrogens is 261 g/mol. The second-order valence-electron chi connectivity index (χ2n) is 4.75. The van der Waals surface area contributed by atoms with Gasteiger partial charge in [-0.2, -0.15) is 13.2 Å². The molecule has 1 aromatic rings. The lowest BCUT2D eigenvalue weighted by Crippen LogP contribution is -2.32. The van der Waals surface area contributed by atoms with Crippen LogP contribution >= 0.6 is 0 Å². The van der Waals surface area contributed by atoms with Crippen molar-refractivity contribution in [2.75, 3.05) is 6.54 Å². The Kier molecular flexibility index (Phi) is 3.84. The van der Waals surface area contributed by atoms with E-state index in [9.17, 15) is 23.1 Å². The highest BCUT2D eigenvalue weighted by atomic mass is 19.4. The van der Waals surface area contributed by atoms with Crippen LogP contribution in [0.3, 0.4) is 0 Å². The highest BCUT2D eigenvalue weighted by Gasteiger charge is 2.33. The van der Waals surface area contributed by atoms with Crippen molar-refractivity contribution in [2.24, 2.45) is 5.92 Å². The zero-order valence-electron chi connectivity index (χ0n) is 10.1. The lowest BCUT2D eigenvalue weighted by Gasteiger charge is -2.14. The number of nitrogens with one attached hydrogen (secondary N) is 2. The zero-order valence-corrected chi connectivity index (χ0v) is 10.1. The van der Waals surface area contributed by atoms with Crippen molar-refractivity contribution < 1.29 is 23.1 Å². The number of aliphatic hydroxyl groups excluding tert-OH is 1. The molecule has 7 heteroatoms. The Hall–Kier alpha value is -1.50. The number of rotatable bonds is 3. The van der Waals surface area contributed by atoms with Crippen LogP contribution in [0.4, 0.5) is 13.2 Å². The fourth-order valence-corrected chi connectivity index (χ4v) is 2.27. The maximum Gasteiger partial charge on any atom is 0.431 e. The number of amides is 1. The van der Waals surface area contributed by atoms with Gasteiger partial charge in [0.25, 0.3) is 5.91 Å². The molecule has 0 bridgehead atoms. The topological polar surface area (TPSA) is 65.1 Å². The number of aromatic nitrogens is 1. The summed E-state index contributed by atoms with van der Waals surface area (Å²) < 4.78 is 37.1. The standard InChI is InChI=1S/C12H15F3N2O2/c13-12(14,15)10-5-4-8(17-10)11(19)16-6-7-2-1-3-9(7)18/h4-5,7,9,17-18H,1-3,6H2,(H,16,19)/t7-,9+/m1/s1. The molecule has 0 spiro atoms. The summed E-state index contributed by atoms with van der Waals surface area (Å²) in [4.78, 5) is 13.7. The Morgan fingerprint density at radius 1 is 1.42 bits per heavy atom. The Bertz CT molecular complexity index is 456. The van der Waals surface area contributed by atoms with E-state index in [0.717, 1.165) is 25.0 Å². The normalized spacial score (nSPS) is 23.6. The third-order valence-electron chi connectivity index (χ3n) is 3.38. The molecule has 1 saturated carbocycles. The van der Waals surface area contributed by atoms with E-state index in [1.165, 1.54) is 0 Å². The van der Waals surface area contributed by atoms with Gasteiger partial charge in [0.1, 0.15) is 11.4 Å². The minimum Gasteiger partial charge on any atom is -0.393 e. The van der Waals surface area contributed by atoms with Gasteiger partial charge in [-0.15, -0.1) is 0 Å². The number of alkyl halides is 3. The van der Waals surface area contributed by atoms with Crippen LogP contribution < -0.4 is 5.32 Å². The molecule has 0 unspecified atom stereocenters. The molecule has 19 heavy (non-hydrogen) atoms. The minimum atomic E-state index is -4.49. The molecule has 2 atom stereocenters. The molecule has 0 aliphatic heterocycles. The summed E-state index contributed by atoms with van der Waals surface area (Å²) in [6, 6.07) is 1.93. The van der Waals surface area contributed by atoms with E-state index in [1.807, 2.05) is 4.98 Å². The van der Waals surface area contributed by atoms with E-state index in [1.54, 1.807) is 0 Å². The Labute approximate surface area is 108 Å². The van der Waals surface area contributed by atoms with Crippen molar-refractivity contribution in [3.8, 4) is 0 Å². The molecule has 3 N–H and O–H groups in total. The van der Waals surface area contributed by atoms with Gasteiger partial charge in [-0.25, -0.2) is 0 Å². The summed E-state index contributed by atoms with van der Waals surface area (Å²) in [5.41, 5.74) is -1.07. The fourth-order valence-electron chi connectivity index (χ4n) is 2.27. The number of H-pyrrole nitrogens is 1. The smallest absolute Gasteiger partial charge is 0.393 e. The molecule has 106 valence electrons. The third-order valence-corrected chi connectivity index (χ3v) is 3.38. The first-order valence-corrected chi connectivity index (χ1v) is 6.10. The van der Waals surface area contributed by atoms with E-state index >= 15 is 0 Å². The second-order valence-corrected chi connectivity index (χ2v) is 4.75. The van der Waals surface area contributed by atoms with E-state index in [4.69, 9.17) is 0 Å². The van der Waals surface area contributed by atoms with Gasteiger partial charge in [-0.1, -0.05) is 6.42 Å². The van der Waals surface area contributed by atoms with Gasteiger partial charge >= 0.3 is 6.18 Å². The van der Waals surface area contributed by atoms with Crippen LogP contribution in [-0.2, 0) is 6.18 Å². The second kappa shape index (κ2) is 5.24. The Morgan fingerprint density at radius 3 is 2.68 bits per heavy atom. The third kappa shape index (κ3) is 3.28. The Morgan fingerprint density at radius 2 is 2.16 bits per heavy atom. The first-order chi connectivity index (χ1) is 8.88. The fraction of sp³-hybridized carbons (Fsp3) is 0.583. The number of hydrogen-bond donors (Lipinski definition) is 3. The SMILES string of the molecule is O=C(NC[C@H]1CCC[C@@H]1O)c1ccc(C(F)(F)F)[nH]1. The molecule has 2 rings (SSSR count). The molecule has 0 saturated heterocycles. The van der Waals surface area contributed by atoms with Gasteiger partial charge in [0.2, 0.25) is 0 Å². The van der Waals surface area contributed by atoms with Crippen LogP contribution in [0.2, 0.25) is 0 Å². The summed E-state index contributed by atoms with van der Waals surface area (Å²) in [5, 5.41) is 12.1. The average Bonchev–Trinajstić information content (AvgIpc) is 2.93. The molecule has 1 aliphatic rings. The molecule has 4 nitrogen and oxygen atoms in total. The maximum absolute atomic E-state index is 12.4. The molecule has 1 fully saturated rings. The first kappa shape index (κ1) is 13.9. The van der Waals surface area contributed by atoms with Crippen LogP contribution in [0.1, 0.15) is 35.4 Å². The van der Waals surface area contributed by atoms with Crippen LogP contribution in [0, 0.1) is 5.92 Å². The molecule has 1 aliphatic carbocycles. The largest absolute Gasteiger partial charge is 0.431 e. The maximum atomic E-state index is 12.4. The van der Waals surface area contributed by atoms with E-state index in [0.29, 0.717) is 6.42 Å². The van der Waals surface area contributed by atoms with Gasteiger partial charge in [0.15, 0.2) is 0 Å². The van der Waals surface area contributed by atoms with E-state index in [-0.39, 0.29) is 18.2 Å². The average molecular weight is 276 g/mol. The van der Waals surface area contributed by atoms with Crippen molar-refractivity contribution in [3.05, 3.63) is 23.5 Å². The van der Waals surface area contributed by atoms with Crippen molar-refractivity contribution in [1.29, 1.82) is 0 Å². The zero-order chi connectivity index (χ0) is 14.0. The predicted octanol–water partition coefficient (Wildman–Crippen LogP) is 1.92. The van der Waals surface area contributed by atoms with Gasteiger partial charge < -0.3 is 15.4 Å². The minimum absolute atomic E-state index is 0.0130. The van der Waals surface area contributed by atoms with Crippen LogP contribution in [0.5, 0.6) is 0 Å². The van der Waals surface area contributed by atoms with E-state index < -0.39 is 23.9 Å².